The molecule has 106 valence electrons. The van der Waals surface area contributed by atoms with Crippen LogP contribution in [-0.4, -0.2) is 17.6 Å². The predicted molar refractivity (Wildman–Crippen MR) is 77.8 cm³/mol. The molecule has 0 saturated carbocycles. The fourth-order valence-electron chi connectivity index (χ4n) is 2.07. The Bertz CT molecular complexity index is 369. The van der Waals surface area contributed by atoms with Crippen molar-refractivity contribution in [2.45, 2.75) is 46.1 Å². The molecule has 1 amide bonds. The van der Waals surface area contributed by atoms with Crippen LogP contribution in [0.15, 0.2) is 24.3 Å². The van der Waals surface area contributed by atoms with Crippen molar-refractivity contribution in [1.29, 1.82) is 0 Å². The van der Waals surface area contributed by atoms with E-state index in [9.17, 15) is 4.79 Å². The van der Waals surface area contributed by atoms with Crippen molar-refractivity contribution in [3.63, 3.8) is 0 Å². The zero-order chi connectivity index (χ0) is 14.1. The second-order valence-corrected chi connectivity index (χ2v) is 4.96. The van der Waals surface area contributed by atoms with Crippen LogP contribution in [0.4, 0.5) is 0 Å². The number of rotatable bonds is 8. The molecule has 2 N–H and O–H groups in total. The topological polar surface area (TPSA) is 49.3 Å². The number of benzene rings is 1. The van der Waals surface area contributed by atoms with Gasteiger partial charge in [-0.2, -0.15) is 0 Å². The Morgan fingerprint density at radius 1 is 1.16 bits per heavy atom. The zero-order valence-electron chi connectivity index (χ0n) is 12.0. The molecule has 0 spiro atoms. The number of hydrogen-bond acceptors (Lipinski definition) is 2. The predicted octanol–water partition coefficient (Wildman–Crippen LogP) is 2.66. The van der Waals surface area contributed by atoms with E-state index < -0.39 is 0 Å². The molecule has 0 unspecified atom stereocenters. The van der Waals surface area contributed by atoms with Crippen LogP contribution >= 0.6 is 0 Å². The Kier molecular flexibility index (Phi) is 7.19. The van der Waals surface area contributed by atoms with E-state index in [0.717, 1.165) is 24.8 Å². The van der Waals surface area contributed by atoms with Crippen LogP contribution < -0.4 is 5.32 Å². The molecule has 19 heavy (non-hydrogen) atoms. The molecular formula is C16H25NO2. The first-order valence-electron chi connectivity index (χ1n) is 7.14. The Morgan fingerprint density at radius 2 is 1.74 bits per heavy atom. The summed E-state index contributed by atoms with van der Waals surface area (Å²) in [6.45, 7) is 5.01. The maximum absolute atomic E-state index is 11.7. The van der Waals surface area contributed by atoms with E-state index in [1.54, 1.807) is 0 Å². The number of amides is 1. The minimum absolute atomic E-state index is 0.0758. The number of carbonyl (C=O) groups is 1. The van der Waals surface area contributed by atoms with Gasteiger partial charge in [0.2, 0.25) is 5.91 Å². The molecule has 0 fully saturated rings. The first kappa shape index (κ1) is 15.7. The molecule has 0 bridgehead atoms. The lowest BCUT2D eigenvalue weighted by Crippen LogP contribution is -2.27. The molecule has 0 saturated heterocycles. The number of hydrogen-bond donors (Lipinski definition) is 2. The number of nitrogens with one attached hydrogen (secondary N) is 1. The third-order valence-electron chi connectivity index (χ3n) is 3.57. The standard InChI is InChI=1S/C16H25NO2/c1-3-13(4-2)11-16(19)17-10-9-14-5-7-15(12-18)8-6-14/h5-8,13,18H,3-4,9-12H2,1-2H3,(H,17,19). The average Bonchev–Trinajstić information content (AvgIpc) is 2.45. The highest BCUT2D eigenvalue weighted by atomic mass is 16.3. The molecule has 1 aromatic carbocycles. The van der Waals surface area contributed by atoms with Crippen molar-refractivity contribution < 1.29 is 9.90 Å². The number of aliphatic hydroxyl groups is 1. The van der Waals surface area contributed by atoms with Gasteiger partial charge in [-0.15, -0.1) is 0 Å². The van der Waals surface area contributed by atoms with Crippen LogP contribution in [-0.2, 0) is 17.8 Å². The maximum Gasteiger partial charge on any atom is 0.220 e. The maximum atomic E-state index is 11.7. The van der Waals surface area contributed by atoms with Crippen LogP contribution in [0.5, 0.6) is 0 Å². The summed E-state index contributed by atoms with van der Waals surface area (Å²) in [6, 6.07) is 7.83. The Balaban J connectivity index is 2.27. The molecule has 3 nitrogen and oxygen atoms in total. The van der Waals surface area contributed by atoms with Gasteiger partial charge >= 0.3 is 0 Å². The molecule has 0 radical (unpaired) electrons. The second-order valence-electron chi connectivity index (χ2n) is 4.96. The fourth-order valence-corrected chi connectivity index (χ4v) is 2.07. The van der Waals surface area contributed by atoms with Crippen molar-refractivity contribution in [2.24, 2.45) is 5.92 Å². The molecule has 0 aliphatic heterocycles. The van der Waals surface area contributed by atoms with Crippen molar-refractivity contribution in [3.8, 4) is 0 Å². The highest BCUT2D eigenvalue weighted by Crippen LogP contribution is 2.11. The van der Waals surface area contributed by atoms with Crippen LogP contribution in [0.2, 0.25) is 0 Å². The van der Waals surface area contributed by atoms with E-state index in [0.29, 0.717) is 18.9 Å². The van der Waals surface area contributed by atoms with Gasteiger partial charge in [0.05, 0.1) is 6.61 Å². The Morgan fingerprint density at radius 3 is 2.26 bits per heavy atom. The largest absolute Gasteiger partial charge is 0.392 e. The van der Waals surface area contributed by atoms with Gasteiger partial charge in [-0.1, -0.05) is 51.0 Å². The van der Waals surface area contributed by atoms with Crippen molar-refractivity contribution in [3.05, 3.63) is 35.4 Å². The van der Waals surface area contributed by atoms with Crippen LogP contribution in [0.1, 0.15) is 44.2 Å². The van der Waals surface area contributed by atoms with Gasteiger partial charge in [-0.05, 0) is 23.5 Å². The quantitative estimate of drug-likeness (QED) is 0.757. The average molecular weight is 263 g/mol. The van der Waals surface area contributed by atoms with Crippen molar-refractivity contribution in [2.75, 3.05) is 6.54 Å². The summed E-state index contributed by atoms with van der Waals surface area (Å²) in [5.74, 6) is 0.657. The fraction of sp³-hybridized carbons (Fsp3) is 0.562. The van der Waals surface area contributed by atoms with Crippen molar-refractivity contribution >= 4 is 5.91 Å². The van der Waals surface area contributed by atoms with Gasteiger partial charge in [0.15, 0.2) is 0 Å². The number of carbonyl (C=O) groups excluding carboxylic acids is 1. The Labute approximate surface area is 116 Å². The summed E-state index contributed by atoms with van der Waals surface area (Å²) in [5, 5.41) is 11.9. The molecular weight excluding hydrogens is 238 g/mol. The van der Waals surface area contributed by atoms with Crippen molar-refractivity contribution in [1.82, 2.24) is 5.32 Å². The van der Waals surface area contributed by atoms with E-state index in [-0.39, 0.29) is 12.5 Å². The van der Waals surface area contributed by atoms with Crippen LogP contribution in [0.25, 0.3) is 0 Å². The normalized spacial score (nSPS) is 10.7. The zero-order valence-corrected chi connectivity index (χ0v) is 12.0. The smallest absolute Gasteiger partial charge is 0.220 e. The molecule has 3 heteroatoms. The van der Waals surface area contributed by atoms with E-state index in [1.165, 1.54) is 5.56 Å². The summed E-state index contributed by atoms with van der Waals surface area (Å²) in [4.78, 5) is 11.7. The first-order valence-corrected chi connectivity index (χ1v) is 7.14. The highest BCUT2D eigenvalue weighted by molar-refractivity contribution is 5.76. The lowest BCUT2D eigenvalue weighted by Gasteiger charge is -2.12. The third-order valence-corrected chi connectivity index (χ3v) is 3.57. The molecule has 0 aromatic heterocycles. The van der Waals surface area contributed by atoms with E-state index >= 15 is 0 Å². The van der Waals surface area contributed by atoms with Gasteiger partial charge in [-0.25, -0.2) is 0 Å². The van der Waals surface area contributed by atoms with E-state index in [1.807, 2.05) is 24.3 Å². The molecule has 0 aliphatic carbocycles. The van der Waals surface area contributed by atoms with E-state index in [2.05, 4.69) is 19.2 Å². The lowest BCUT2D eigenvalue weighted by molar-refractivity contribution is -0.122. The minimum Gasteiger partial charge on any atom is -0.392 e. The molecule has 0 atom stereocenters. The first-order chi connectivity index (χ1) is 9.19. The summed E-state index contributed by atoms with van der Waals surface area (Å²) >= 11 is 0. The number of aliphatic hydroxyl groups excluding tert-OH is 1. The van der Waals surface area contributed by atoms with Gasteiger partial charge in [0.1, 0.15) is 0 Å². The molecule has 0 aliphatic rings. The van der Waals surface area contributed by atoms with Gasteiger partial charge < -0.3 is 10.4 Å². The second kappa shape index (κ2) is 8.70. The molecule has 0 heterocycles. The van der Waals surface area contributed by atoms with Crippen LogP contribution in [0, 0.1) is 5.92 Å². The monoisotopic (exact) mass is 263 g/mol. The van der Waals surface area contributed by atoms with Gasteiger partial charge in [0.25, 0.3) is 0 Å². The minimum atomic E-state index is 0.0758. The Hall–Kier alpha value is -1.35. The van der Waals surface area contributed by atoms with Gasteiger partial charge in [0, 0.05) is 13.0 Å². The highest BCUT2D eigenvalue weighted by Gasteiger charge is 2.09. The lowest BCUT2D eigenvalue weighted by atomic mass is 9.99. The summed E-state index contributed by atoms with van der Waals surface area (Å²) in [5.41, 5.74) is 2.10. The summed E-state index contributed by atoms with van der Waals surface area (Å²) < 4.78 is 0. The van der Waals surface area contributed by atoms with Crippen LogP contribution in [0.3, 0.4) is 0 Å². The summed E-state index contributed by atoms with van der Waals surface area (Å²) in [6.07, 6.45) is 3.59. The SMILES string of the molecule is CCC(CC)CC(=O)NCCc1ccc(CO)cc1. The van der Waals surface area contributed by atoms with Gasteiger partial charge in [-0.3, -0.25) is 4.79 Å². The molecule has 1 rings (SSSR count). The van der Waals surface area contributed by atoms with E-state index in [4.69, 9.17) is 5.11 Å². The third kappa shape index (κ3) is 5.88. The molecule has 1 aromatic rings. The summed E-state index contributed by atoms with van der Waals surface area (Å²) in [7, 11) is 0.